The van der Waals surface area contributed by atoms with Crippen LogP contribution < -0.4 is 24.0 Å². The van der Waals surface area contributed by atoms with Crippen LogP contribution >= 0.6 is 0 Å². The van der Waals surface area contributed by atoms with Crippen molar-refractivity contribution in [2.45, 2.75) is 31.7 Å². The van der Waals surface area contributed by atoms with Crippen molar-refractivity contribution in [2.24, 2.45) is 5.92 Å². The summed E-state index contributed by atoms with van der Waals surface area (Å²) in [5, 5.41) is 0. The monoisotopic (exact) mass is 267 g/mol. The minimum Gasteiger partial charge on any atom is -1.00 e. The van der Waals surface area contributed by atoms with Crippen LogP contribution in [-0.4, -0.2) is 31.2 Å². The normalized spacial score (nSPS) is 39.8. The van der Waals surface area contributed by atoms with Crippen molar-refractivity contribution in [3.8, 4) is 0 Å². The average molecular weight is 267 g/mol. The van der Waals surface area contributed by atoms with Crippen LogP contribution in [0.2, 0.25) is 0 Å². The summed E-state index contributed by atoms with van der Waals surface area (Å²) in [6.07, 6.45) is 6.03. The highest BCUT2D eigenvalue weighted by molar-refractivity contribution is 4.80. The van der Waals surface area contributed by atoms with Gasteiger partial charge in [0.25, 0.3) is 0 Å². The fourth-order valence-corrected chi connectivity index (χ4v) is 2.64. The van der Waals surface area contributed by atoms with E-state index in [1.165, 1.54) is 36.7 Å². The van der Waals surface area contributed by atoms with Gasteiger partial charge >= 0.3 is 0 Å². The van der Waals surface area contributed by atoms with Gasteiger partial charge < -0.3 is 28.5 Å². The molecule has 11 heavy (non-hydrogen) atoms. The fourth-order valence-electron chi connectivity index (χ4n) is 2.64. The first kappa shape index (κ1) is 9.78. The summed E-state index contributed by atoms with van der Waals surface area (Å²) in [7, 11) is 4.79. The van der Waals surface area contributed by atoms with Gasteiger partial charge in [-0.2, -0.15) is 0 Å². The van der Waals surface area contributed by atoms with Crippen LogP contribution in [0.4, 0.5) is 0 Å². The molecular formula is C9H18IN. The number of fused-ring (bicyclic) bond motifs is 2. The van der Waals surface area contributed by atoms with Crippen molar-refractivity contribution >= 4 is 0 Å². The van der Waals surface area contributed by atoms with Crippen LogP contribution in [0.5, 0.6) is 0 Å². The highest BCUT2D eigenvalue weighted by Gasteiger charge is 2.40. The molecule has 2 heteroatoms. The van der Waals surface area contributed by atoms with E-state index in [2.05, 4.69) is 14.1 Å². The van der Waals surface area contributed by atoms with E-state index >= 15 is 0 Å². The Kier molecular flexibility index (Phi) is 2.85. The molecule has 0 aromatic carbocycles. The van der Waals surface area contributed by atoms with E-state index in [1.54, 1.807) is 0 Å². The van der Waals surface area contributed by atoms with Crippen molar-refractivity contribution in [2.75, 3.05) is 20.6 Å². The van der Waals surface area contributed by atoms with Gasteiger partial charge in [-0.1, -0.05) is 0 Å². The van der Waals surface area contributed by atoms with E-state index < -0.39 is 0 Å². The second kappa shape index (κ2) is 3.21. The smallest absolute Gasteiger partial charge is 0.0889 e. The summed E-state index contributed by atoms with van der Waals surface area (Å²) >= 11 is 0. The van der Waals surface area contributed by atoms with Crippen molar-refractivity contribution in [3.05, 3.63) is 0 Å². The summed E-state index contributed by atoms with van der Waals surface area (Å²) in [6, 6.07) is 1.01. The first-order chi connectivity index (χ1) is 4.68. The number of rotatable bonds is 0. The quantitative estimate of drug-likeness (QED) is 0.376. The van der Waals surface area contributed by atoms with Gasteiger partial charge in [-0.25, -0.2) is 0 Å². The van der Waals surface area contributed by atoms with Crippen LogP contribution in [0.3, 0.4) is 0 Å². The summed E-state index contributed by atoms with van der Waals surface area (Å²) in [5.41, 5.74) is 0. The van der Waals surface area contributed by atoms with Crippen molar-refractivity contribution in [1.29, 1.82) is 0 Å². The number of quaternary nitrogens is 1. The molecule has 0 aromatic heterocycles. The van der Waals surface area contributed by atoms with E-state index in [0.717, 1.165) is 12.0 Å². The van der Waals surface area contributed by atoms with E-state index in [0.29, 0.717) is 0 Å². The lowest BCUT2D eigenvalue weighted by atomic mass is 9.98. The Morgan fingerprint density at radius 3 is 2.45 bits per heavy atom. The molecule has 2 fully saturated rings. The zero-order valence-electron chi connectivity index (χ0n) is 7.52. The second-order valence-corrected chi connectivity index (χ2v) is 4.62. The van der Waals surface area contributed by atoms with Crippen molar-refractivity contribution in [3.63, 3.8) is 0 Å². The lowest BCUT2D eigenvalue weighted by molar-refractivity contribution is -0.918. The maximum atomic E-state index is 2.40. The zero-order valence-corrected chi connectivity index (χ0v) is 9.67. The molecule has 2 atom stereocenters. The summed E-state index contributed by atoms with van der Waals surface area (Å²) in [5.74, 6) is 1.11. The molecule has 0 aromatic rings. The summed E-state index contributed by atoms with van der Waals surface area (Å²) in [6.45, 7) is 1.43. The molecule has 1 aliphatic carbocycles. The number of hydrogen-bond donors (Lipinski definition) is 0. The first-order valence-corrected chi connectivity index (χ1v) is 4.51. The molecular weight excluding hydrogens is 249 g/mol. The number of likely N-dealkylation sites (tertiary alicyclic amines) is 1. The first-order valence-electron chi connectivity index (χ1n) is 4.51. The average Bonchev–Trinajstić information content (AvgIpc) is 2.26. The van der Waals surface area contributed by atoms with Crippen LogP contribution in [0, 0.1) is 5.92 Å². The lowest BCUT2D eigenvalue weighted by Crippen LogP contribution is -3.00. The number of piperidine rings is 1. The lowest BCUT2D eigenvalue weighted by Gasteiger charge is -2.39. The molecule has 1 nitrogen and oxygen atoms in total. The van der Waals surface area contributed by atoms with Gasteiger partial charge in [0.05, 0.1) is 26.7 Å². The molecule has 0 radical (unpaired) electrons. The predicted molar refractivity (Wildman–Crippen MR) is 42.7 cm³/mol. The van der Waals surface area contributed by atoms with Gasteiger partial charge in [0.2, 0.25) is 0 Å². The van der Waals surface area contributed by atoms with Crippen molar-refractivity contribution in [1.82, 2.24) is 0 Å². The summed E-state index contributed by atoms with van der Waals surface area (Å²) < 4.78 is 1.30. The van der Waals surface area contributed by atoms with E-state index in [9.17, 15) is 0 Å². The SMILES string of the molecule is C[N+]1(C)CCC2CCC1C2.[I-]. The Hall–Kier alpha value is 0.690. The Balaban J connectivity index is 0.000000605. The van der Waals surface area contributed by atoms with E-state index in [4.69, 9.17) is 0 Å². The molecule has 0 N–H and O–H groups in total. The van der Waals surface area contributed by atoms with Crippen LogP contribution in [0.1, 0.15) is 25.7 Å². The van der Waals surface area contributed by atoms with Gasteiger partial charge in [0.15, 0.2) is 0 Å². The molecule has 2 bridgehead atoms. The van der Waals surface area contributed by atoms with Crippen LogP contribution in [0.25, 0.3) is 0 Å². The third-order valence-corrected chi connectivity index (χ3v) is 3.62. The number of hydrogen-bond acceptors (Lipinski definition) is 0. The molecule has 1 saturated heterocycles. The van der Waals surface area contributed by atoms with Gasteiger partial charge in [0.1, 0.15) is 0 Å². The Morgan fingerprint density at radius 2 is 1.82 bits per heavy atom. The van der Waals surface area contributed by atoms with E-state index in [-0.39, 0.29) is 24.0 Å². The van der Waals surface area contributed by atoms with Crippen molar-refractivity contribution < 1.29 is 28.5 Å². The maximum Gasteiger partial charge on any atom is 0.0889 e. The topological polar surface area (TPSA) is 0 Å². The molecule has 0 spiro atoms. The molecule has 1 heterocycles. The molecule has 66 valence electrons. The standard InChI is InChI=1S/C9H18N.HI/c1-10(2)6-5-8-3-4-9(10)7-8;/h8-9H,3-7H2,1-2H3;1H/q+1;/p-1. The Bertz CT molecular complexity index is 144. The second-order valence-electron chi connectivity index (χ2n) is 4.62. The van der Waals surface area contributed by atoms with Gasteiger partial charge in [-0.3, -0.25) is 0 Å². The molecule has 2 aliphatic rings. The van der Waals surface area contributed by atoms with Gasteiger partial charge in [0, 0.05) is 6.42 Å². The molecule has 2 rings (SSSR count). The third-order valence-electron chi connectivity index (χ3n) is 3.62. The zero-order chi connectivity index (χ0) is 7.19. The minimum atomic E-state index is 0. The van der Waals surface area contributed by atoms with Crippen LogP contribution in [0.15, 0.2) is 0 Å². The Labute approximate surface area is 86.8 Å². The maximum absolute atomic E-state index is 2.40. The van der Waals surface area contributed by atoms with Gasteiger partial charge in [-0.15, -0.1) is 0 Å². The third kappa shape index (κ3) is 1.72. The predicted octanol–water partition coefficient (Wildman–Crippen LogP) is -1.36. The summed E-state index contributed by atoms with van der Waals surface area (Å²) in [4.78, 5) is 0. The fraction of sp³-hybridized carbons (Fsp3) is 1.00. The highest BCUT2D eigenvalue weighted by Crippen LogP contribution is 2.38. The number of nitrogens with zero attached hydrogens (tertiary/aromatic N) is 1. The van der Waals surface area contributed by atoms with Crippen LogP contribution in [-0.2, 0) is 0 Å². The minimum absolute atomic E-state index is 0. The molecule has 1 saturated carbocycles. The molecule has 0 amide bonds. The largest absolute Gasteiger partial charge is 1.00 e. The molecule has 2 unspecified atom stereocenters. The number of halogens is 1. The van der Waals surface area contributed by atoms with Gasteiger partial charge in [-0.05, 0) is 25.2 Å². The Morgan fingerprint density at radius 1 is 1.09 bits per heavy atom. The van der Waals surface area contributed by atoms with E-state index in [1.807, 2.05) is 0 Å². The highest BCUT2D eigenvalue weighted by atomic mass is 127. The molecule has 1 aliphatic heterocycles.